The molecule has 0 bridgehead atoms. The zero-order valence-corrected chi connectivity index (χ0v) is 16.9. The molecule has 3 rings (SSSR count). The second-order valence-corrected chi connectivity index (χ2v) is 7.71. The van der Waals surface area contributed by atoms with Crippen LogP contribution in [0, 0.1) is 6.92 Å². The minimum Gasteiger partial charge on any atom is -0.369 e. The van der Waals surface area contributed by atoms with Crippen LogP contribution in [0.2, 0.25) is 0 Å². The van der Waals surface area contributed by atoms with Crippen molar-refractivity contribution < 1.29 is 9.59 Å². The lowest BCUT2D eigenvalue weighted by Gasteiger charge is -2.36. The van der Waals surface area contributed by atoms with Crippen LogP contribution in [0.25, 0.3) is 0 Å². The van der Waals surface area contributed by atoms with Gasteiger partial charge in [-0.15, -0.1) is 0 Å². The summed E-state index contributed by atoms with van der Waals surface area (Å²) in [5.41, 5.74) is 3.96. The molecule has 6 nitrogen and oxygen atoms in total. The number of nitrogens with one attached hydrogen (secondary N) is 2. The predicted molar refractivity (Wildman–Crippen MR) is 113 cm³/mol. The number of carbonyl (C=O) groups excluding carboxylic acids is 2. The number of nitrogens with zero attached hydrogens (tertiary/aromatic N) is 2. The Morgan fingerprint density at radius 2 is 1.86 bits per heavy atom. The van der Waals surface area contributed by atoms with Crippen molar-refractivity contribution in [3.8, 4) is 0 Å². The van der Waals surface area contributed by atoms with E-state index in [1.807, 2.05) is 0 Å². The Balaban J connectivity index is 1.33. The van der Waals surface area contributed by atoms with Crippen molar-refractivity contribution in [1.29, 1.82) is 0 Å². The van der Waals surface area contributed by atoms with Crippen molar-refractivity contribution in [1.82, 2.24) is 15.5 Å². The van der Waals surface area contributed by atoms with E-state index in [-0.39, 0.29) is 18.5 Å². The lowest BCUT2D eigenvalue weighted by atomic mass is 9.97. The summed E-state index contributed by atoms with van der Waals surface area (Å²) in [5, 5.41) is 5.25. The zero-order chi connectivity index (χ0) is 19.8. The maximum absolute atomic E-state index is 12.2. The van der Waals surface area contributed by atoms with Gasteiger partial charge in [-0.2, -0.15) is 0 Å². The molecule has 0 unspecified atom stereocenters. The van der Waals surface area contributed by atoms with Gasteiger partial charge in [-0.3, -0.25) is 15.0 Å². The van der Waals surface area contributed by atoms with Crippen LogP contribution in [0.15, 0.2) is 35.9 Å². The Bertz CT molecular complexity index is 708. The van der Waals surface area contributed by atoms with E-state index in [4.69, 9.17) is 0 Å². The number of piperazine rings is 1. The van der Waals surface area contributed by atoms with Gasteiger partial charge in [0.15, 0.2) is 0 Å². The summed E-state index contributed by atoms with van der Waals surface area (Å²) in [6.07, 6.45) is 7.96. The second-order valence-electron chi connectivity index (χ2n) is 7.71. The fourth-order valence-corrected chi connectivity index (χ4v) is 3.95. The molecule has 1 aromatic carbocycles. The third kappa shape index (κ3) is 6.09. The van der Waals surface area contributed by atoms with Gasteiger partial charge in [0.1, 0.15) is 0 Å². The molecule has 0 spiro atoms. The molecule has 28 heavy (non-hydrogen) atoms. The lowest BCUT2D eigenvalue weighted by molar-refractivity contribution is -0.121. The highest BCUT2D eigenvalue weighted by Gasteiger charge is 2.20. The number of urea groups is 1. The van der Waals surface area contributed by atoms with Crippen molar-refractivity contribution >= 4 is 17.6 Å². The number of benzene rings is 1. The first kappa shape index (κ1) is 20.4. The summed E-state index contributed by atoms with van der Waals surface area (Å²) in [4.78, 5) is 28.5. The highest BCUT2D eigenvalue weighted by Crippen LogP contribution is 2.21. The molecule has 1 aromatic rings. The second kappa shape index (κ2) is 10.3. The summed E-state index contributed by atoms with van der Waals surface area (Å²) in [6.45, 7) is 6.38. The largest absolute Gasteiger partial charge is 0.369 e. The molecule has 152 valence electrons. The van der Waals surface area contributed by atoms with Crippen LogP contribution in [-0.2, 0) is 4.79 Å². The highest BCUT2D eigenvalue weighted by molar-refractivity contribution is 5.95. The number of imide groups is 1. The molecule has 0 aromatic heterocycles. The number of aryl methyl sites for hydroxylation is 1. The monoisotopic (exact) mass is 384 g/mol. The maximum Gasteiger partial charge on any atom is 0.321 e. The minimum atomic E-state index is -0.389. The third-order valence-electron chi connectivity index (χ3n) is 5.57. The van der Waals surface area contributed by atoms with E-state index in [9.17, 15) is 9.59 Å². The molecule has 6 heteroatoms. The molecule has 3 amide bonds. The number of carbonyl (C=O) groups is 2. The maximum atomic E-state index is 12.2. The number of anilines is 1. The van der Waals surface area contributed by atoms with Crippen LogP contribution in [0.4, 0.5) is 10.5 Å². The van der Waals surface area contributed by atoms with Gasteiger partial charge in [0.05, 0.1) is 6.54 Å². The smallest absolute Gasteiger partial charge is 0.321 e. The molecule has 2 N–H and O–H groups in total. The SMILES string of the molecule is Cc1ccccc1N1CCN(CC(=O)NC(=O)NCCC2=CCCCC2)CC1. The van der Waals surface area contributed by atoms with Crippen LogP contribution >= 0.6 is 0 Å². The molecule has 1 heterocycles. The first-order chi connectivity index (χ1) is 13.6. The van der Waals surface area contributed by atoms with Crippen molar-refractivity contribution in [2.24, 2.45) is 0 Å². The summed E-state index contributed by atoms with van der Waals surface area (Å²) in [7, 11) is 0. The molecule has 0 saturated carbocycles. The fraction of sp³-hybridized carbons (Fsp3) is 0.545. The van der Waals surface area contributed by atoms with Gasteiger partial charge in [0.2, 0.25) is 5.91 Å². The van der Waals surface area contributed by atoms with Crippen LogP contribution in [0.1, 0.15) is 37.7 Å². The molecule has 1 fully saturated rings. The van der Waals surface area contributed by atoms with E-state index in [0.29, 0.717) is 6.54 Å². The van der Waals surface area contributed by atoms with Crippen LogP contribution in [0.3, 0.4) is 0 Å². The van der Waals surface area contributed by atoms with Crippen LogP contribution in [0.5, 0.6) is 0 Å². The molecule has 1 aliphatic heterocycles. The van der Waals surface area contributed by atoms with Crippen LogP contribution in [-0.4, -0.2) is 56.1 Å². The van der Waals surface area contributed by atoms with E-state index in [1.165, 1.54) is 29.7 Å². The Labute approximate surface area is 168 Å². The first-order valence-electron chi connectivity index (χ1n) is 10.4. The van der Waals surface area contributed by atoms with E-state index >= 15 is 0 Å². The average molecular weight is 385 g/mol. The number of allylic oxidation sites excluding steroid dienone is 1. The van der Waals surface area contributed by atoms with Crippen LogP contribution < -0.4 is 15.5 Å². The Kier molecular flexibility index (Phi) is 7.48. The van der Waals surface area contributed by atoms with Gasteiger partial charge in [0, 0.05) is 38.4 Å². The quantitative estimate of drug-likeness (QED) is 0.741. The number of para-hydroxylation sites is 1. The Morgan fingerprint density at radius 1 is 1.07 bits per heavy atom. The molecule has 2 aliphatic rings. The van der Waals surface area contributed by atoms with Gasteiger partial charge < -0.3 is 10.2 Å². The van der Waals surface area contributed by atoms with E-state index in [2.05, 4.69) is 57.7 Å². The third-order valence-corrected chi connectivity index (χ3v) is 5.57. The van der Waals surface area contributed by atoms with Crippen molar-refractivity contribution in [2.45, 2.75) is 39.0 Å². The molecular formula is C22H32N4O2. The lowest BCUT2D eigenvalue weighted by Crippen LogP contribution is -2.51. The van der Waals surface area contributed by atoms with Gasteiger partial charge in [-0.1, -0.05) is 29.8 Å². The normalized spacial score (nSPS) is 17.8. The molecular weight excluding hydrogens is 352 g/mol. The topological polar surface area (TPSA) is 64.7 Å². The summed E-state index contributed by atoms with van der Waals surface area (Å²) in [6, 6.07) is 7.99. The Hall–Kier alpha value is -2.34. The summed E-state index contributed by atoms with van der Waals surface area (Å²) >= 11 is 0. The van der Waals surface area contributed by atoms with Crippen molar-refractivity contribution in [3.05, 3.63) is 41.5 Å². The molecule has 1 saturated heterocycles. The summed E-state index contributed by atoms with van der Waals surface area (Å²) in [5.74, 6) is -0.237. The van der Waals surface area contributed by atoms with Gasteiger partial charge in [-0.25, -0.2) is 4.79 Å². The number of hydrogen-bond acceptors (Lipinski definition) is 4. The zero-order valence-electron chi connectivity index (χ0n) is 16.9. The van der Waals surface area contributed by atoms with Gasteiger partial charge in [-0.05, 0) is 50.7 Å². The number of rotatable bonds is 6. The van der Waals surface area contributed by atoms with Gasteiger partial charge >= 0.3 is 6.03 Å². The van der Waals surface area contributed by atoms with Crippen molar-refractivity contribution in [2.75, 3.05) is 44.2 Å². The average Bonchev–Trinajstić information content (AvgIpc) is 2.70. The Morgan fingerprint density at radius 3 is 2.57 bits per heavy atom. The number of amides is 3. The van der Waals surface area contributed by atoms with Gasteiger partial charge in [0.25, 0.3) is 0 Å². The van der Waals surface area contributed by atoms with Crippen molar-refractivity contribution in [3.63, 3.8) is 0 Å². The summed E-state index contributed by atoms with van der Waals surface area (Å²) < 4.78 is 0. The standard InChI is InChI=1S/C22H32N4O2/c1-18-7-5-6-10-20(18)26-15-13-25(14-16-26)17-21(27)24-22(28)23-12-11-19-8-3-2-4-9-19/h5-8,10H,2-4,9,11-17H2,1H3,(H2,23,24,27,28). The fourth-order valence-electron chi connectivity index (χ4n) is 3.95. The first-order valence-corrected chi connectivity index (χ1v) is 10.4. The minimum absolute atomic E-state index is 0.237. The van der Waals surface area contributed by atoms with E-state index < -0.39 is 0 Å². The van der Waals surface area contributed by atoms with E-state index in [1.54, 1.807) is 0 Å². The number of hydrogen-bond donors (Lipinski definition) is 2. The molecule has 0 radical (unpaired) electrons. The molecule has 1 aliphatic carbocycles. The highest BCUT2D eigenvalue weighted by atomic mass is 16.2. The van der Waals surface area contributed by atoms with E-state index in [0.717, 1.165) is 45.4 Å². The molecule has 0 atom stereocenters. The predicted octanol–water partition coefficient (Wildman–Crippen LogP) is 2.83.